The molecule has 12 heavy (non-hydrogen) atoms. The minimum absolute atomic E-state index is 0.0970. The van der Waals surface area contributed by atoms with Gasteiger partial charge in [0.05, 0.1) is 12.1 Å². The lowest BCUT2D eigenvalue weighted by molar-refractivity contribution is 0.350. The van der Waals surface area contributed by atoms with E-state index in [1.54, 1.807) is 6.92 Å². The molecule has 0 saturated heterocycles. The number of rotatable bonds is 1. The van der Waals surface area contributed by atoms with Crippen LogP contribution < -0.4 is 4.74 Å². The number of aryl methyl sites for hydroxylation is 1. The van der Waals surface area contributed by atoms with Gasteiger partial charge in [-0.15, -0.1) is 0 Å². The molecule has 1 aromatic rings. The summed E-state index contributed by atoms with van der Waals surface area (Å²) in [6.07, 6.45) is 0. The summed E-state index contributed by atoms with van der Waals surface area (Å²) in [6.45, 7) is 1.64. The zero-order valence-corrected chi connectivity index (χ0v) is 7.51. The third-order valence-electron chi connectivity index (χ3n) is 1.58. The maximum absolute atomic E-state index is 9.30. The molecule has 0 unspecified atom stereocenters. The van der Waals surface area contributed by atoms with Crippen LogP contribution in [0.1, 0.15) is 5.56 Å². The van der Waals surface area contributed by atoms with E-state index in [-0.39, 0.29) is 22.3 Å². The Kier molecular flexibility index (Phi) is 2.33. The van der Waals surface area contributed by atoms with Gasteiger partial charge in [0.25, 0.3) is 0 Å². The van der Waals surface area contributed by atoms with Gasteiger partial charge in [0, 0.05) is 0 Å². The number of aromatic hydroxyl groups is 2. The van der Waals surface area contributed by atoms with Gasteiger partial charge in [-0.3, -0.25) is 0 Å². The Morgan fingerprint density at radius 3 is 2.42 bits per heavy atom. The van der Waals surface area contributed by atoms with Crippen LogP contribution >= 0.6 is 11.6 Å². The highest BCUT2D eigenvalue weighted by atomic mass is 35.5. The molecule has 0 bridgehead atoms. The molecule has 0 radical (unpaired) electrons. The molecular formula is C8H9ClO3. The fourth-order valence-corrected chi connectivity index (χ4v) is 1.26. The normalized spacial score (nSPS) is 9.92. The largest absolute Gasteiger partial charge is 0.504 e. The van der Waals surface area contributed by atoms with Gasteiger partial charge in [-0.1, -0.05) is 11.6 Å². The van der Waals surface area contributed by atoms with E-state index in [1.165, 1.54) is 13.2 Å². The second kappa shape index (κ2) is 3.11. The number of hydrogen-bond acceptors (Lipinski definition) is 3. The minimum atomic E-state index is -0.317. The maximum Gasteiger partial charge on any atom is 0.202 e. The Balaban J connectivity index is 3.40. The molecule has 0 fully saturated rings. The van der Waals surface area contributed by atoms with Crippen LogP contribution in [-0.2, 0) is 0 Å². The van der Waals surface area contributed by atoms with Crippen molar-refractivity contribution < 1.29 is 14.9 Å². The number of ether oxygens (including phenoxy) is 1. The van der Waals surface area contributed by atoms with Crippen molar-refractivity contribution in [3.63, 3.8) is 0 Å². The second-order valence-electron chi connectivity index (χ2n) is 2.41. The Hall–Kier alpha value is -1.09. The first-order valence-corrected chi connectivity index (χ1v) is 3.70. The first-order chi connectivity index (χ1) is 5.57. The highest BCUT2D eigenvalue weighted by molar-refractivity contribution is 6.32. The van der Waals surface area contributed by atoms with Crippen LogP contribution in [0.3, 0.4) is 0 Å². The van der Waals surface area contributed by atoms with E-state index < -0.39 is 0 Å². The summed E-state index contributed by atoms with van der Waals surface area (Å²) in [6, 6.07) is 1.52. The Morgan fingerprint density at radius 2 is 1.92 bits per heavy atom. The van der Waals surface area contributed by atoms with Crippen molar-refractivity contribution in [2.45, 2.75) is 6.92 Å². The van der Waals surface area contributed by atoms with E-state index in [0.29, 0.717) is 5.56 Å². The Labute approximate surface area is 75.2 Å². The molecule has 0 saturated carbocycles. The summed E-state index contributed by atoms with van der Waals surface area (Å²) in [7, 11) is 1.37. The lowest BCUT2D eigenvalue weighted by Gasteiger charge is -2.08. The Morgan fingerprint density at radius 1 is 1.33 bits per heavy atom. The number of halogens is 1. The van der Waals surface area contributed by atoms with Gasteiger partial charge in [-0.2, -0.15) is 0 Å². The van der Waals surface area contributed by atoms with Crippen molar-refractivity contribution in [3.8, 4) is 17.2 Å². The van der Waals surface area contributed by atoms with Crippen LogP contribution in [0.15, 0.2) is 6.07 Å². The van der Waals surface area contributed by atoms with Gasteiger partial charge >= 0.3 is 0 Å². The molecule has 66 valence electrons. The molecule has 4 heteroatoms. The molecule has 2 N–H and O–H groups in total. The molecular weight excluding hydrogens is 180 g/mol. The quantitative estimate of drug-likeness (QED) is 0.664. The van der Waals surface area contributed by atoms with Gasteiger partial charge < -0.3 is 14.9 Å². The number of benzene rings is 1. The van der Waals surface area contributed by atoms with Crippen molar-refractivity contribution in [1.29, 1.82) is 0 Å². The van der Waals surface area contributed by atoms with E-state index in [9.17, 15) is 10.2 Å². The summed E-state index contributed by atoms with van der Waals surface area (Å²) < 4.78 is 4.77. The zero-order valence-electron chi connectivity index (χ0n) is 6.76. The molecule has 0 amide bonds. The predicted molar refractivity (Wildman–Crippen MR) is 46.1 cm³/mol. The molecule has 0 aliphatic heterocycles. The van der Waals surface area contributed by atoms with Crippen LogP contribution in [0.4, 0.5) is 0 Å². The van der Waals surface area contributed by atoms with E-state index in [2.05, 4.69) is 0 Å². The highest BCUT2D eigenvalue weighted by Crippen LogP contribution is 2.42. The molecule has 0 aliphatic rings. The summed E-state index contributed by atoms with van der Waals surface area (Å²) in [5.74, 6) is -0.418. The summed E-state index contributed by atoms with van der Waals surface area (Å²) in [5, 5.41) is 18.8. The first-order valence-electron chi connectivity index (χ1n) is 3.33. The molecule has 0 heterocycles. The van der Waals surface area contributed by atoms with Gasteiger partial charge in [0.15, 0.2) is 11.5 Å². The van der Waals surface area contributed by atoms with Crippen molar-refractivity contribution in [2.24, 2.45) is 0 Å². The molecule has 1 rings (SSSR count). The number of phenols is 2. The molecule has 0 atom stereocenters. The molecule has 0 aliphatic carbocycles. The number of phenolic OH excluding ortho intramolecular Hbond substituents is 2. The third kappa shape index (κ3) is 1.28. The van der Waals surface area contributed by atoms with Crippen LogP contribution in [-0.4, -0.2) is 17.3 Å². The smallest absolute Gasteiger partial charge is 0.202 e. The summed E-state index contributed by atoms with van der Waals surface area (Å²) >= 11 is 5.71. The maximum atomic E-state index is 9.30. The van der Waals surface area contributed by atoms with Crippen LogP contribution in [0.25, 0.3) is 0 Å². The number of hydrogen-bond donors (Lipinski definition) is 2. The van der Waals surface area contributed by atoms with Crippen molar-refractivity contribution in [2.75, 3.05) is 7.11 Å². The standard InChI is InChI=1S/C8H9ClO3/c1-4-3-5(9)8(12-2)7(11)6(4)10/h3,10-11H,1-2H3. The topological polar surface area (TPSA) is 49.7 Å². The van der Waals surface area contributed by atoms with Crippen LogP contribution in [0.2, 0.25) is 5.02 Å². The summed E-state index contributed by atoms with van der Waals surface area (Å²) in [5.41, 5.74) is 0.512. The molecule has 0 spiro atoms. The van der Waals surface area contributed by atoms with Gasteiger partial charge in [0.1, 0.15) is 0 Å². The van der Waals surface area contributed by atoms with Crippen molar-refractivity contribution >= 4 is 11.6 Å². The Bertz CT molecular complexity index is 310. The van der Waals surface area contributed by atoms with Crippen molar-refractivity contribution in [1.82, 2.24) is 0 Å². The summed E-state index contributed by atoms with van der Waals surface area (Å²) in [4.78, 5) is 0. The average molecular weight is 189 g/mol. The fraction of sp³-hybridized carbons (Fsp3) is 0.250. The van der Waals surface area contributed by atoms with Crippen LogP contribution in [0, 0.1) is 6.92 Å². The van der Waals surface area contributed by atoms with Crippen LogP contribution in [0.5, 0.6) is 17.2 Å². The fourth-order valence-electron chi connectivity index (χ4n) is 0.926. The van der Waals surface area contributed by atoms with Gasteiger partial charge in [-0.05, 0) is 18.6 Å². The molecule has 3 nitrogen and oxygen atoms in total. The second-order valence-corrected chi connectivity index (χ2v) is 2.81. The van der Waals surface area contributed by atoms with E-state index in [4.69, 9.17) is 16.3 Å². The van der Waals surface area contributed by atoms with E-state index >= 15 is 0 Å². The average Bonchev–Trinajstić information content (AvgIpc) is 2.01. The number of methoxy groups -OCH3 is 1. The molecule has 0 aromatic heterocycles. The lowest BCUT2D eigenvalue weighted by Crippen LogP contribution is -1.87. The van der Waals surface area contributed by atoms with Crippen molar-refractivity contribution in [3.05, 3.63) is 16.7 Å². The first kappa shape index (κ1) is 9.00. The monoisotopic (exact) mass is 188 g/mol. The zero-order chi connectivity index (χ0) is 9.30. The SMILES string of the molecule is COc1c(Cl)cc(C)c(O)c1O. The van der Waals surface area contributed by atoms with E-state index in [1.807, 2.05) is 0 Å². The predicted octanol–water partition coefficient (Wildman–Crippen LogP) is 2.07. The lowest BCUT2D eigenvalue weighted by atomic mass is 10.2. The highest BCUT2D eigenvalue weighted by Gasteiger charge is 2.13. The minimum Gasteiger partial charge on any atom is -0.504 e. The third-order valence-corrected chi connectivity index (χ3v) is 1.86. The molecule has 1 aromatic carbocycles. The van der Waals surface area contributed by atoms with Gasteiger partial charge in [-0.25, -0.2) is 0 Å². The van der Waals surface area contributed by atoms with E-state index in [0.717, 1.165) is 0 Å². The van der Waals surface area contributed by atoms with Gasteiger partial charge in [0.2, 0.25) is 5.75 Å².